The van der Waals surface area contributed by atoms with Crippen molar-refractivity contribution >= 4 is 50.2 Å². The summed E-state index contributed by atoms with van der Waals surface area (Å²) in [5.41, 5.74) is 7.04. The zero-order valence-corrected chi connectivity index (χ0v) is 20.1. The predicted molar refractivity (Wildman–Crippen MR) is 131 cm³/mol. The third-order valence-corrected chi connectivity index (χ3v) is 5.88. The second-order valence-corrected chi connectivity index (χ2v) is 8.70. The second kappa shape index (κ2) is 10.3. The van der Waals surface area contributed by atoms with Crippen LogP contribution in [0.15, 0.2) is 53.1 Å². The number of nitrogens with two attached hydrogens (primary N) is 1. The quantitative estimate of drug-likeness (QED) is 0.277. The lowest BCUT2D eigenvalue weighted by Gasteiger charge is -2.12. The molecule has 0 aliphatic heterocycles. The normalized spacial score (nSPS) is 10.9. The number of pyridine rings is 1. The average Bonchev–Trinajstić information content (AvgIpc) is 3.20. The molecule has 0 aliphatic carbocycles. The number of rotatable bonds is 7. The van der Waals surface area contributed by atoms with E-state index in [9.17, 15) is 4.79 Å². The van der Waals surface area contributed by atoms with Gasteiger partial charge in [-0.05, 0) is 70.9 Å². The summed E-state index contributed by atoms with van der Waals surface area (Å²) < 4.78 is 23.0. The van der Waals surface area contributed by atoms with E-state index < -0.39 is 5.82 Å². The minimum Gasteiger partial charge on any atom is -0.454 e. The molecular weight excluding hydrogens is 525 g/mol. The zero-order chi connectivity index (χ0) is 24.2. The number of halogens is 3. The molecule has 0 aliphatic rings. The Hall–Kier alpha value is -3.32. The van der Waals surface area contributed by atoms with Gasteiger partial charge in [-0.3, -0.25) is 4.79 Å². The molecule has 0 spiro atoms. The van der Waals surface area contributed by atoms with Gasteiger partial charge in [-0.1, -0.05) is 17.7 Å². The summed E-state index contributed by atoms with van der Waals surface area (Å²) in [5, 5.41) is 5.41. The molecule has 7 nitrogen and oxygen atoms in total. The van der Waals surface area contributed by atoms with Crippen molar-refractivity contribution in [3.05, 3.63) is 86.6 Å². The van der Waals surface area contributed by atoms with Crippen molar-refractivity contribution in [1.82, 2.24) is 14.8 Å². The number of aromatic nitrogens is 3. The fourth-order valence-corrected chi connectivity index (χ4v) is 4.06. The van der Waals surface area contributed by atoms with Crippen LogP contribution in [0, 0.1) is 12.4 Å². The van der Waals surface area contributed by atoms with Crippen molar-refractivity contribution in [2.24, 2.45) is 5.73 Å². The highest BCUT2D eigenvalue weighted by Crippen LogP contribution is 2.37. The van der Waals surface area contributed by atoms with Crippen LogP contribution in [0.3, 0.4) is 0 Å². The molecule has 2 aromatic carbocycles. The Kier molecular flexibility index (Phi) is 7.22. The monoisotopic (exact) mass is 541 g/mol. The molecule has 0 amide bonds. The van der Waals surface area contributed by atoms with Crippen LogP contribution in [0.4, 0.5) is 10.1 Å². The molecule has 0 fully saturated rings. The molecule has 34 heavy (non-hydrogen) atoms. The van der Waals surface area contributed by atoms with Gasteiger partial charge in [-0.2, -0.15) is 9.78 Å². The van der Waals surface area contributed by atoms with Gasteiger partial charge in [-0.25, -0.2) is 14.2 Å². The lowest BCUT2D eigenvalue weighted by molar-refractivity contribution is 0.0889. The number of carbonyl (C=O) groups is 1. The number of hydrogen-bond acceptors (Lipinski definition) is 5. The zero-order valence-electron chi connectivity index (χ0n) is 17.8. The van der Waals surface area contributed by atoms with Gasteiger partial charge in [0, 0.05) is 29.4 Å². The van der Waals surface area contributed by atoms with Gasteiger partial charge < -0.3 is 10.5 Å². The van der Waals surface area contributed by atoms with E-state index in [2.05, 4.69) is 30.9 Å². The maximum atomic E-state index is 15.5. The first kappa shape index (κ1) is 23.8. The summed E-state index contributed by atoms with van der Waals surface area (Å²) in [7, 11) is 0. The molecule has 4 rings (SSSR count). The van der Waals surface area contributed by atoms with Crippen LogP contribution in [0.2, 0.25) is 5.02 Å². The molecule has 0 unspecified atom stereocenters. The standard InChI is InChI=1S/C24H18BrClFN5O2/c1-29-16-11-15(26)12-17(13-16)34-23-19(25)7-6-14(22(23)27)10-20-18-4-3-9-30-24(18)32(31-20)21(33)5-2-8-28/h3-4,6-7,9,11-13H,2,5,8,10,28H2. The molecular formula is C24H18BrClFN5O2. The Morgan fingerprint density at radius 2 is 2.12 bits per heavy atom. The van der Waals surface area contributed by atoms with E-state index in [1.54, 1.807) is 30.5 Å². The van der Waals surface area contributed by atoms with Gasteiger partial charge in [0.15, 0.2) is 22.9 Å². The van der Waals surface area contributed by atoms with E-state index in [1.165, 1.54) is 22.9 Å². The molecule has 0 saturated carbocycles. The molecule has 10 heteroatoms. The first-order chi connectivity index (χ1) is 16.4. The van der Waals surface area contributed by atoms with Crippen molar-refractivity contribution in [3.8, 4) is 11.5 Å². The summed E-state index contributed by atoms with van der Waals surface area (Å²) in [4.78, 5) is 20.2. The van der Waals surface area contributed by atoms with Crippen molar-refractivity contribution in [1.29, 1.82) is 0 Å². The lowest BCUT2D eigenvalue weighted by Crippen LogP contribution is -2.14. The fourth-order valence-electron chi connectivity index (χ4n) is 3.45. The van der Waals surface area contributed by atoms with Crippen molar-refractivity contribution < 1.29 is 13.9 Å². The predicted octanol–water partition coefficient (Wildman–Crippen LogP) is 6.30. The summed E-state index contributed by atoms with van der Waals surface area (Å²) in [5.74, 6) is -0.631. The average molecular weight is 543 g/mol. The third-order valence-electron chi connectivity index (χ3n) is 5.04. The highest BCUT2D eigenvalue weighted by molar-refractivity contribution is 9.10. The largest absolute Gasteiger partial charge is 0.454 e. The van der Waals surface area contributed by atoms with Crippen LogP contribution in [0.5, 0.6) is 11.5 Å². The van der Waals surface area contributed by atoms with E-state index in [4.69, 9.17) is 28.6 Å². The van der Waals surface area contributed by atoms with Crippen LogP contribution < -0.4 is 10.5 Å². The first-order valence-corrected chi connectivity index (χ1v) is 11.5. The third kappa shape index (κ3) is 4.94. The van der Waals surface area contributed by atoms with E-state index in [1.807, 2.05) is 0 Å². The smallest absolute Gasteiger partial charge is 0.248 e. The molecule has 4 aromatic rings. The summed E-state index contributed by atoms with van der Waals surface area (Å²) >= 11 is 9.37. The topological polar surface area (TPSA) is 87.4 Å². The molecule has 0 saturated heterocycles. The number of nitrogens with zero attached hydrogens (tertiary/aromatic N) is 4. The lowest BCUT2D eigenvalue weighted by atomic mass is 10.1. The Balaban J connectivity index is 1.70. The molecule has 0 atom stereocenters. The van der Waals surface area contributed by atoms with E-state index in [0.29, 0.717) is 44.8 Å². The Bertz CT molecular complexity index is 1430. The van der Waals surface area contributed by atoms with Gasteiger partial charge in [0.05, 0.1) is 16.7 Å². The number of benzene rings is 2. The van der Waals surface area contributed by atoms with Crippen LogP contribution >= 0.6 is 27.5 Å². The summed E-state index contributed by atoms with van der Waals surface area (Å²) in [6.07, 6.45) is 2.45. The van der Waals surface area contributed by atoms with Crippen LogP contribution in [0.1, 0.15) is 28.9 Å². The van der Waals surface area contributed by atoms with Gasteiger partial charge in [0.1, 0.15) is 5.75 Å². The molecule has 0 radical (unpaired) electrons. The van der Waals surface area contributed by atoms with Gasteiger partial charge in [-0.15, -0.1) is 0 Å². The Morgan fingerprint density at radius 1 is 1.29 bits per heavy atom. The van der Waals surface area contributed by atoms with Gasteiger partial charge in [0.25, 0.3) is 0 Å². The Labute approximate surface area is 208 Å². The minimum atomic E-state index is -0.597. The van der Waals surface area contributed by atoms with E-state index >= 15 is 4.39 Å². The maximum Gasteiger partial charge on any atom is 0.248 e. The van der Waals surface area contributed by atoms with E-state index in [-0.39, 0.29) is 35.9 Å². The molecule has 0 bridgehead atoms. The van der Waals surface area contributed by atoms with Gasteiger partial charge >= 0.3 is 0 Å². The highest BCUT2D eigenvalue weighted by Gasteiger charge is 2.20. The molecule has 172 valence electrons. The summed E-state index contributed by atoms with van der Waals surface area (Å²) in [6.45, 7) is 7.57. The fraction of sp³-hybridized carbons (Fsp3) is 0.167. The van der Waals surface area contributed by atoms with Gasteiger partial charge in [0.2, 0.25) is 5.91 Å². The number of carbonyl (C=O) groups excluding carboxylic acids is 1. The molecule has 2 aromatic heterocycles. The van der Waals surface area contributed by atoms with E-state index in [0.717, 1.165) is 0 Å². The minimum absolute atomic E-state index is 0.0448. The number of hydrogen-bond donors (Lipinski definition) is 1. The second-order valence-electron chi connectivity index (χ2n) is 7.40. The highest BCUT2D eigenvalue weighted by atomic mass is 79.9. The van der Waals surface area contributed by atoms with Crippen molar-refractivity contribution in [3.63, 3.8) is 0 Å². The number of ether oxygens (including phenoxy) is 1. The van der Waals surface area contributed by atoms with Crippen molar-refractivity contribution in [2.75, 3.05) is 6.54 Å². The van der Waals surface area contributed by atoms with Crippen molar-refractivity contribution in [2.45, 2.75) is 19.3 Å². The SMILES string of the molecule is [C-]#[N+]c1cc(Cl)cc(Oc2c(Br)ccc(Cc3nn(C(=O)CCCN)c4ncccc34)c2F)c1. The summed E-state index contributed by atoms with van der Waals surface area (Å²) in [6, 6.07) is 11.3. The van der Waals surface area contributed by atoms with Crippen LogP contribution in [-0.2, 0) is 6.42 Å². The first-order valence-electron chi connectivity index (χ1n) is 10.3. The number of fused-ring (bicyclic) bond motifs is 1. The van der Waals surface area contributed by atoms with Crippen LogP contribution in [-0.4, -0.2) is 27.2 Å². The van der Waals surface area contributed by atoms with Crippen LogP contribution in [0.25, 0.3) is 15.9 Å². The Morgan fingerprint density at radius 3 is 2.88 bits per heavy atom. The molecule has 2 N–H and O–H groups in total. The maximum absolute atomic E-state index is 15.5. The molecule has 2 heterocycles.